The summed E-state index contributed by atoms with van der Waals surface area (Å²) in [5.74, 6) is 0.873. The summed E-state index contributed by atoms with van der Waals surface area (Å²) < 4.78 is 5.28. The number of anilines is 2. The number of hydrogen-bond donors (Lipinski definition) is 2. The normalized spacial score (nSPS) is 10.3. The van der Waals surface area contributed by atoms with E-state index in [2.05, 4.69) is 39.7 Å². The fourth-order valence-corrected chi connectivity index (χ4v) is 2.64. The van der Waals surface area contributed by atoms with Crippen LogP contribution in [-0.4, -0.2) is 23.0 Å². The quantitative estimate of drug-likeness (QED) is 0.694. The van der Waals surface area contributed by atoms with E-state index in [-0.39, 0.29) is 11.6 Å². The van der Waals surface area contributed by atoms with E-state index in [4.69, 9.17) is 4.74 Å². The highest BCUT2D eigenvalue weighted by molar-refractivity contribution is 6.03. The van der Waals surface area contributed by atoms with E-state index < -0.39 is 0 Å². The Morgan fingerprint density at radius 2 is 1.89 bits per heavy atom. The average Bonchev–Trinajstić information content (AvgIpc) is 2.68. The molecule has 0 aliphatic carbocycles. The van der Waals surface area contributed by atoms with Crippen molar-refractivity contribution in [2.45, 2.75) is 20.4 Å². The van der Waals surface area contributed by atoms with Gasteiger partial charge in [-0.05, 0) is 42.7 Å². The van der Waals surface area contributed by atoms with Crippen molar-refractivity contribution in [1.29, 1.82) is 0 Å². The number of nitrogens with zero attached hydrogens (tertiary/aromatic N) is 2. The molecule has 138 valence electrons. The lowest BCUT2D eigenvalue weighted by atomic mass is 10.1. The summed E-state index contributed by atoms with van der Waals surface area (Å²) in [4.78, 5) is 20.9. The molecule has 1 heterocycles. The average molecular weight is 362 g/mol. The van der Waals surface area contributed by atoms with E-state index in [9.17, 15) is 4.79 Å². The second-order valence-corrected chi connectivity index (χ2v) is 6.22. The third-order valence-corrected chi connectivity index (χ3v) is 4.21. The molecule has 0 fully saturated rings. The van der Waals surface area contributed by atoms with Gasteiger partial charge in [-0.15, -0.1) is 0 Å². The van der Waals surface area contributed by atoms with Crippen LogP contribution in [0.3, 0.4) is 0 Å². The monoisotopic (exact) mass is 362 g/mol. The lowest BCUT2D eigenvalue weighted by Crippen LogP contribution is -2.15. The van der Waals surface area contributed by atoms with Crippen LogP contribution in [0.15, 0.2) is 54.9 Å². The molecule has 2 N–H and O–H groups in total. The zero-order valence-corrected chi connectivity index (χ0v) is 15.6. The summed E-state index contributed by atoms with van der Waals surface area (Å²) in [5, 5.41) is 6.03. The van der Waals surface area contributed by atoms with Gasteiger partial charge in [-0.25, -0.2) is 9.97 Å². The molecule has 0 aliphatic rings. The fourth-order valence-electron chi connectivity index (χ4n) is 2.64. The molecule has 1 amide bonds. The van der Waals surface area contributed by atoms with Gasteiger partial charge in [0.2, 0.25) is 0 Å². The van der Waals surface area contributed by atoms with E-state index in [1.54, 1.807) is 13.3 Å². The van der Waals surface area contributed by atoms with Crippen molar-refractivity contribution in [2.75, 3.05) is 17.7 Å². The highest BCUT2D eigenvalue weighted by atomic mass is 16.5. The van der Waals surface area contributed by atoms with Gasteiger partial charge in [-0.2, -0.15) is 0 Å². The Bertz CT molecular complexity index is 939. The van der Waals surface area contributed by atoms with E-state index in [1.165, 1.54) is 17.3 Å². The number of ether oxygens (including phenoxy) is 1. The molecule has 2 aromatic carbocycles. The van der Waals surface area contributed by atoms with Gasteiger partial charge in [0.1, 0.15) is 17.3 Å². The standard InChI is InChI=1S/C21H22N4O2/c1-14-8-9-19(27-3)17(10-14)25-21(26)18-12-24-20(13-22-18)23-11-16-7-5-4-6-15(16)2/h4-10,12-13H,11H2,1-3H3,(H,23,24)(H,25,26). The van der Waals surface area contributed by atoms with Crippen molar-refractivity contribution >= 4 is 17.4 Å². The molecule has 0 saturated carbocycles. The largest absolute Gasteiger partial charge is 0.495 e. The van der Waals surface area contributed by atoms with Gasteiger partial charge < -0.3 is 15.4 Å². The minimum absolute atomic E-state index is 0.236. The Labute approximate surface area is 158 Å². The van der Waals surface area contributed by atoms with Crippen molar-refractivity contribution in [3.63, 3.8) is 0 Å². The summed E-state index contributed by atoms with van der Waals surface area (Å²) in [5.41, 5.74) is 4.26. The van der Waals surface area contributed by atoms with Gasteiger partial charge in [0.05, 0.1) is 25.2 Å². The number of carbonyl (C=O) groups is 1. The highest BCUT2D eigenvalue weighted by Gasteiger charge is 2.12. The zero-order chi connectivity index (χ0) is 19.2. The summed E-state index contributed by atoms with van der Waals surface area (Å²) in [6.45, 7) is 4.66. The Balaban J connectivity index is 1.65. The van der Waals surface area contributed by atoms with Gasteiger partial charge in [-0.3, -0.25) is 4.79 Å². The summed E-state index contributed by atoms with van der Waals surface area (Å²) >= 11 is 0. The molecule has 0 unspecified atom stereocenters. The first kappa shape index (κ1) is 18.4. The van der Waals surface area contributed by atoms with E-state index >= 15 is 0 Å². The number of nitrogens with one attached hydrogen (secondary N) is 2. The summed E-state index contributed by atoms with van der Waals surface area (Å²) in [7, 11) is 1.56. The minimum atomic E-state index is -0.336. The molecule has 0 radical (unpaired) electrons. The van der Waals surface area contributed by atoms with Crippen LogP contribution in [0.1, 0.15) is 27.2 Å². The molecule has 0 aliphatic heterocycles. The van der Waals surface area contributed by atoms with Crippen LogP contribution < -0.4 is 15.4 Å². The van der Waals surface area contributed by atoms with Crippen LogP contribution >= 0.6 is 0 Å². The van der Waals surface area contributed by atoms with Gasteiger partial charge in [0.15, 0.2) is 0 Å². The van der Waals surface area contributed by atoms with Crippen LogP contribution in [0.2, 0.25) is 0 Å². The second-order valence-electron chi connectivity index (χ2n) is 6.22. The summed E-state index contributed by atoms with van der Waals surface area (Å²) in [6.07, 6.45) is 3.01. The minimum Gasteiger partial charge on any atom is -0.495 e. The molecular weight excluding hydrogens is 340 g/mol. The molecule has 0 atom stereocenters. The van der Waals surface area contributed by atoms with E-state index in [0.717, 1.165) is 5.56 Å². The number of hydrogen-bond acceptors (Lipinski definition) is 5. The second kappa shape index (κ2) is 8.31. The molecular formula is C21H22N4O2. The number of carbonyl (C=O) groups excluding carboxylic acids is 1. The zero-order valence-electron chi connectivity index (χ0n) is 15.6. The predicted molar refractivity (Wildman–Crippen MR) is 106 cm³/mol. The van der Waals surface area contributed by atoms with Gasteiger partial charge in [0, 0.05) is 6.54 Å². The van der Waals surface area contributed by atoms with Crippen LogP contribution in [0.5, 0.6) is 5.75 Å². The SMILES string of the molecule is COc1ccc(C)cc1NC(=O)c1cnc(NCc2ccccc2C)cn1. The molecule has 0 bridgehead atoms. The maximum Gasteiger partial charge on any atom is 0.275 e. The molecule has 27 heavy (non-hydrogen) atoms. The lowest BCUT2D eigenvalue weighted by molar-refractivity contribution is 0.102. The Morgan fingerprint density at radius 1 is 1.07 bits per heavy atom. The fraction of sp³-hybridized carbons (Fsp3) is 0.190. The first-order chi connectivity index (χ1) is 13.1. The number of methoxy groups -OCH3 is 1. The molecule has 6 nitrogen and oxygen atoms in total. The third-order valence-electron chi connectivity index (χ3n) is 4.21. The Morgan fingerprint density at radius 3 is 2.59 bits per heavy atom. The summed E-state index contributed by atoms with van der Waals surface area (Å²) in [6, 6.07) is 13.7. The van der Waals surface area contributed by atoms with Gasteiger partial charge in [0.25, 0.3) is 5.91 Å². The molecule has 1 aromatic heterocycles. The molecule has 0 spiro atoms. The number of amides is 1. The number of benzene rings is 2. The maximum atomic E-state index is 12.4. The number of aromatic nitrogens is 2. The smallest absolute Gasteiger partial charge is 0.275 e. The molecule has 3 rings (SSSR count). The molecule has 3 aromatic rings. The molecule has 0 saturated heterocycles. The van der Waals surface area contributed by atoms with Crippen molar-refractivity contribution in [1.82, 2.24) is 9.97 Å². The first-order valence-electron chi connectivity index (χ1n) is 8.63. The number of aryl methyl sites for hydroxylation is 2. The van der Waals surface area contributed by atoms with Crippen LogP contribution in [0.25, 0.3) is 0 Å². The number of rotatable bonds is 6. The maximum absolute atomic E-state index is 12.4. The Kier molecular flexibility index (Phi) is 5.66. The molecule has 6 heteroatoms. The van der Waals surface area contributed by atoms with Gasteiger partial charge >= 0.3 is 0 Å². The van der Waals surface area contributed by atoms with Crippen molar-refractivity contribution < 1.29 is 9.53 Å². The first-order valence-corrected chi connectivity index (χ1v) is 8.63. The topological polar surface area (TPSA) is 76.1 Å². The highest BCUT2D eigenvalue weighted by Crippen LogP contribution is 2.25. The predicted octanol–water partition coefficient (Wildman–Crippen LogP) is 3.97. The van der Waals surface area contributed by atoms with E-state index in [0.29, 0.717) is 23.8 Å². The Hall–Kier alpha value is -3.41. The van der Waals surface area contributed by atoms with Crippen LogP contribution in [0, 0.1) is 13.8 Å². The van der Waals surface area contributed by atoms with Crippen molar-refractivity contribution in [2.24, 2.45) is 0 Å². The van der Waals surface area contributed by atoms with E-state index in [1.807, 2.05) is 37.3 Å². The van der Waals surface area contributed by atoms with Crippen molar-refractivity contribution in [3.8, 4) is 5.75 Å². The van der Waals surface area contributed by atoms with Crippen LogP contribution in [0.4, 0.5) is 11.5 Å². The van der Waals surface area contributed by atoms with Crippen molar-refractivity contribution in [3.05, 3.63) is 77.2 Å². The lowest BCUT2D eigenvalue weighted by Gasteiger charge is -2.11. The third kappa shape index (κ3) is 4.61. The van der Waals surface area contributed by atoms with Crippen LogP contribution in [-0.2, 0) is 6.54 Å². The van der Waals surface area contributed by atoms with Gasteiger partial charge in [-0.1, -0.05) is 30.3 Å².